The molecule has 128 valence electrons. The fourth-order valence-corrected chi connectivity index (χ4v) is 2.38. The van der Waals surface area contributed by atoms with Gasteiger partial charge in [0.05, 0.1) is 7.11 Å². The van der Waals surface area contributed by atoms with Gasteiger partial charge in [0.25, 0.3) is 5.91 Å². The number of carbonyl (C=O) groups is 3. The molecule has 1 aliphatic rings. The number of halogens is 1. The zero-order valence-corrected chi connectivity index (χ0v) is 13.9. The number of methoxy groups -OCH3 is 1. The molecular weight excluding hydrogens is 348 g/mol. The summed E-state index contributed by atoms with van der Waals surface area (Å²) in [6.45, 7) is -0.452. The monoisotopic (exact) mass is 360 g/mol. The van der Waals surface area contributed by atoms with Crippen molar-refractivity contribution in [2.24, 2.45) is 0 Å². The third kappa shape index (κ3) is 3.56. The minimum absolute atomic E-state index is 0.0194. The van der Waals surface area contributed by atoms with Gasteiger partial charge in [0.2, 0.25) is 0 Å². The van der Waals surface area contributed by atoms with E-state index in [1.165, 1.54) is 13.2 Å². The number of ether oxygens (including phenoxy) is 1. The molecule has 0 atom stereocenters. The molecule has 1 aromatic carbocycles. The van der Waals surface area contributed by atoms with Crippen LogP contribution in [0, 0.1) is 0 Å². The maximum Gasteiger partial charge on any atom is 0.329 e. The number of furan rings is 1. The van der Waals surface area contributed by atoms with E-state index < -0.39 is 24.5 Å². The molecule has 0 spiro atoms. The molecule has 3 rings (SSSR count). The van der Waals surface area contributed by atoms with Crippen molar-refractivity contribution in [2.45, 2.75) is 0 Å². The smallest absolute Gasteiger partial charge is 0.329 e. The summed E-state index contributed by atoms with van der Waals surface area (Å²) in [6.07, 6.45) is 1.40. The molecule has 8 heteroatoms. The van der Waals surface area contributed by atoms with Gasteiger partial charge in [-0.05, 0) is 36.4 Å². The molecule has 0 aliphatic carbocycles. The van der Waals surface area contributed by atoms with Crippen molar-refractivity contribution in [3.8, 4) is 11.3 Å². The van der Waals surface area contributed by atoms with Gasteiger partial charge in [0, 0.05) is 16.7 Å². The van der Waals surface area contributed by atoms with E-state index in [0.717, 1.165) is 10.5 Å². The number of nitrogens with zero attached hydrogens (tertiary/aromatic N) is 1. The largest absolute Gasteiger partial charge is 0.468 e. The number of benzene rings is 1. The molecule has 25 heavy (non-hydrogen) atoms. The maximum absolute atomic E-state index is 12.2. The van der Waals surface area contributed by atoms with E-state index in [9.17, 15) is 14.4 Å². The second-order valence-electron chi connectivity index (χ2n) is 5.16. The van der Waals surface area contributed by atoms with Crippen LogP contribution in [0.4, 0.5) is 4.79 Å². The lowest BCUT2D eigenvalue weighted by molar-refractivity contribution is -0.143. The van der Waals surface area contributed by atoms with Gasteiger partial charge in [-0.2, -0.15) is 0 Å². The predicted octanol–water partition coefficient (Wildman–Crippen LogP) is 2.67. The Morgan fingerprint density at radius 3 is 2.64 bits per heavy atom. The Morgan fingerprint density at radius 1 is 1.24 bits per heavy atom. The molecule has 1 saturated heterocycles. The van der Waals surface area contributed by atoms with Crippen LogP contribution >= 0.6 is 11.6 Å². The first-order valence-corrected chi connectivity index (χ1v) is 7.63. The number of rotatable bonds is 4. The molecule has 1 aliphatic heterocycles. The fraction of sp³-hybridized carbons (Fsp3) is 0.118. The minimum atomic E-state index is -0.689. The highest BCUT2D eigenvalue weighted by atomic mass is 35.5. The van der Waals surface area contributed by atoms with E-state index in [2.05, 4.69) is 10.1 Å². The van der Waals surface area contributed by atoms with Gasteiger partial charge in [-0.1, -0.05) is 11.6 Å². The molecule has 1 aromatic heterocycles. The van der Waals surface area contributed by atoms with Gasteiger partial charge in [0.15, 0.2) is 0 Å². The van der Waals surface area contributed by atoms with E-state index in [0.29, 0.717) is 16.5 Å². The SMILES string of the molecule is COC(=O)CN1C(=O)N/C(=C/c2ccc(-c3ccc(Cl)cc3)o2)C1=O. The van der Waals surface area contributed by atoms with Gasteiger partial charge < -0.3 is 14.5 Å². The number of hydrogen-bond acceptors (Lipinski definition) is 5. The molecule has 3 amide bonds. The quantitative estimate of drug-likeness (QED) is 0.514. The van der Waals surface area contributed by atoms with E-state index >= 15 is 0 Å². The second-order valence-corrected chi connectivity index (χ2v) is 5.60. The van der Waals surface area contributed by atoms with Crippen LogP contribution in [0.25, 0.3) is 17.4 Å². The van der Waals surface area contributed by atoms with Gasteiger partial charge in [0.1, 0.15) is 23.8 Å². The lowest BCUT2D eigenvalue weighted by Gasteiger charge is -2.08. The lowest BCUT2D eigenvalue weighted by Crippen LogP contribution is -2.36. The lowest BCUT2D eigenvalue weighted by atomic mass is 10.2. The molecule has 2 aromatic rings. The third-order valence-corrected chi connectivity index (χ3v) is 3.77. The van der Waals surface area contributed by atoms with Crippen molar-refractivity contribution in [1.82, 2.24) is 10.2 Å². The summed E-state index contributed by atoms with van der Waals surface area (Å²) >= 11 is 5.85. The average molecular weight is 361 g/mol. The summed E-state index contributed by atoms with van der Waals surface area (Å²) in [6, 6.07) is 9.80. The number of amides is 3. The first kappa shape index (κ1) is 16.8. The van der Waals surface area contributed by atoms with Crippen LogP contribution in [0.5, 0.6) is 0 Å². The highest BCUT2D eigenvalue weighted by molar-refractivity contribution is 6.30. The summed E-state index contributed by atoms with van der Waals surface area (Å²) in [5.41, 5.74) is 0.842. The standard InChI is InChI=1S/C17H13ClN2O5/c1-24-15(21)9-20-16(22)13(19-17(20)23)8-12-6-7-14(25-12)10-2-4-11(18)5-3-10/h2-8H,9H2,1H3,(H,19,23)/b13-8+. The highest BCUT2D eigenvalue weighted by Crippen LogP contribution is 2.25. The second kappa shape index (κ2) is 6.82. The maximum atomic E-state index is 12.2. The van der Waals surface area contributed by atoms with Gasteiger partial charge >= 0.3 is 12.0 Å². The van der Waals surface area contributed by atoms with Crippen LogP contribution in [-0.2, 0) is 14.3 Å². The summed E-state index contributed by atoms with van der Waals surface area (Å²) < 4.78 is 10.1. The summed E-state index contributed by atoms with van der Waals surface area (Å²) in [4.78, 5) is 36.0. The van der Waals surface area contributed by atoms with E-state index in [4.69, 9.17) is 16.0 Å². The first-order valence-electron chi connectivity index (χ1n) is 7.25. The minimum Gasteiger partial charge on any atom is -0.468 e. The van der Waals surface area contributed by atoms with Crippen LogP contribution in [-0.4, -0.2) is 36.5 Å². The number of urea groups is 1. The molecule has 0 bridgehead atoms. The van der Waals surface area contributed by atoms with Gasteiger partial charge in [-0.15, -0.1) is 0 Å². The van der Waals surface area contributed by atoms with Crippen LogP contribution in [0.15, 0.2) is 46.5 Å². The summed E-state index contributed by atoms with van der Waals surface area (Å²) in [5.74, 6) is -0.340. The van der Waals surface area contributed by atoms with Crippen molar-refractivity contribution in [3.63, 3.8) is 0 Å². The fourth-order valence-electron chi connectivity index (χ4n) is 2.25. The summed E-state index contributed by atoms with van der Waals surface area (Å²) in [5, 5.41) is 3.02. The molecular formula is C17H13ClN2O5. The van der Waals surface area contributed by atoms with Crippen LogP contribution in [0.3, 0.4) is 0 Å². The Bertz CT molecular complexity index is 869. The molecule has 7 nitrogen and oxygen atoms in total. The van der Waals surface area contributed by atoms with Crippen LogP contribution in [0.2, 0.25) is 5.02 Å². The molecule has 1 fully saturated rings. The molecule has 2 heterocycles. The van der Waals surface area contributed by atoms with Crippen LogP contribution in [0.1, 0.15) is 5.76 Å². The third-order valence-electron chi connectivity index (χ3n) is 3.52. The highest BCUT2D eigenvalue weighted by Gasteiger charge is 2.35. The van der Waals surface area contributed by atoms with Crippen LogP contribution < -0.4 is 5.32 Å². The molecule has 0 saturated carbocycles. The number of nitrogens with one attached hydrogen (secondary N) is 1. The molecule has 0 unspecified atom stereocenters. The normalized spacial score (nSPS) is 15.6. The Kier molecular flexibility index (Phi) is 4.58. The Balaban J connectivity index is 1.79. The Hall–Kier alpha value is -3.06. The van der Waals surface area contributed by atoms with Gasteiger partial charge in [-0.3, -0.25) is 9.59 Å². The van der Waals surface area contributed by atoms with E-state index in [1.807, 2.05) is 0 Å². The molecule has 0 radical (unpaired) electrons. The van der Waals surface area contributed by atoms with Crippen molar-refractivity contribution in [2.75, 3.05) is 13.7 Å². The van der Waals surface area contributed by atoms with Crippen molar-refractivity contribution < 1.29 is 23.5 Å². The Labute approximate surface area is 147 Å². The Morgan fingerprint density at radius 2 is 1.96 bits per heavy atom. The van der Waals surface area contributed by atoms with Crippen molar-refractivity contribution >= 4 is 35.6 Å². The van der Waals surface area contributed by atoms with Crippen molar-refractivity contribution in [1.29, 1.82) is 0 Å². The van der Waals surface area contributed by atoms with E-state index in [-0.39, 0.29) is 5.70 Å². The first-order chi connectivity index (χ1) is 12.0. The predicted molar refractivity (Wildman–Crippen MR) is 89.4 cm³/mol. The van der Waals surface area contributed by atoms with Crippen molar-refractivity contribution in [3.05, 3.63) is 52.9 Å². The number of imide groups is 1. The zero-order valence-electron chi connectivity index (χ0n) is 13.1. The van der Waals surface area contributed by atoms with E-state index in [1.54, 1.807) is 36.4 Å². The number of esters is 1. The average Bonchev–Trinajstić information content (AvgIpc) is 3.16. The van der Waals surface area contributed by atoms with Gasteiger partial charge in [-0.25, -0.2) is 9.69 Å². The zero-order chi connectivity index (χ0) is 18.0. The number of carbonyl (C=O) groups excluding carboxylic acids is 3. The topological polar surface area (TPSA) is 88.8 Å². The molecule has 1 N–H and O–H groups in total. The number of hydrogen-bond donors (Lipinski definition) is 1. The summed E-state index contributed by atoms with van der Waals surface area (Å²) in [7, 11) is 1.18.